The van der Waals surface area contributed by atoms with E-state index in [0.29, 0.717) is 26.0 Å². The minimum atomic E-state index is -1.09. The fourth-order valence-electron chi connectivity index (χ4n) is 2.15. The van der Waals surface area contributed by atoms with E-state index >= 15 is 0 Å². The first-order valence-corrected chi connectivity index (χ1v) is 6.69. The van der Waals surface area contributed by atoms with E-state index in [4.69, 9.17) is 4.74 Å². The summed E-state index contributed by atoms with van der Waals surface area (Å²) in [6.45, 7) is 6.57. The summed E-state index contributed by atoms with van der Waals surface area (Å²) in [6.07, 6.45) is 2.65. The highest BCUT2D eigenvalue weighted by Crippen LogP contribution is 2.29. The van der Waals surface area contributed by atoms with Crippen molar-refractivity contribution in [3.8, 4) is 0 Å². The normalized spacial score (nSPS) is 18.1. The molecule has 1 fully saturated rings. The Morgan fingerprint density at radius 3 is 2.32 bits per heavy atom. The monoisotopic (exact) mass is 272 g/mol. The second kappa shape index (κ2) is 6.23. The van der Waals surface area contributed by atoms with Gasteiger partial charge in [-0.2, -0.15) is 0 Å². The van der Waals surface area contributed by atoms with E-state index in [9.17, 15) is 14.7 Å². The quantitative estimate of drug-likeness (QED) is 0.662. The van der Waals surface area contributed by atoms with Gasteiger partial charge in [0.2, 0.25) is 0 Å². The van der Waals surface area contributed by atoms with Crippen molar-refractivity contribution in [1.29, 1.82) is 0 Å². The van der Waals surface area contributed by atoms with Gasteiger partial charge in [-0.1, -0.05) is 12.8 Å². The van der Waals surface area contributed by atoms with Crippen LogP contribution in [0.1, 0.15) is 46.5 Å². The van der Waals surface area contributed by atoms with Crippen LogP contribution in [-0.4, -0.2) is 41.4 Å². The van der Waals surface area contributed by atoms with Crippen molar-refractivity contribution in [2.75, 3.05) is 13.2 Å². The maximum absolute atomic E-state index is 11.7. The van der Waals surface area contributed by atoms with Gasteiger partial charge < -0.3 is 20.5 Å². The summed E-state index contributed by atoms with van der Waals surface area (Å²) in [5.41, 5.74) is -1.33. The molecule has 0 aromatic carbocycles. The summed E-state index contributed by atoms with van der Waals surface area (Å²) in [7, 11) is 0. The van der Waals surface area contributed by atoms with Gasteiger partial charge in [0.25, 0.3) is 0 Å². The number of amides is 2. The molecule has 0 spiro atoms. The van der Waals surface area contributed by atoms with E-state index < -0.39 is 17.5 Å². The van der Waals surface area contributed by atoms with E-state index in [-0.39, 0.29) is 5.60 Å². The Morgan fingerprint density at radius 1 is 1.26 bits per heavy atom. The number of carboxylic acid groups (broad SMARTS) is 1. The van der Waals surface area contributed by atoms with E-state index in [2.05, 4.69) is 10.6 Å². The van der Waals surface area contributed by atoms with Crippen molar-refractivity contribution in [2.45, 2.75) is 57.6 Å². The van der Waals surface area contributed by atoms with E-state index in [1.54, 1.807) is 0 Å². The Morgan fingerprint density at radius 2 is 1.84 bits per heavy atom. The Balaban J connectivity index is 2.32. The number of carbonyl (C=O) groups excluding carboxylic acids is 1. The van der Waals surface area contributed by atoms with Crippen LogP contribution < -0.4 is 10.6 Å². The molecule has 0 aromatic rings. The van der Waals surface area contributed by atoms with Crippen LogP contribution in [0.25, 0.3) is 0 Å². The molecular weight excluding hydrogens is 248 g/mol. The standard InChI is InChI=1S/C13H24N2O4/c1-12(2,3)19-9-8-14-11(18)15-13(10(16)17)6-4-5-7-13/h4-9H2,1-3H3,(H,16,17)(H2,14,15,18). The largest absolute Gasteiger partial charge is 0.480 e. The van der Waals surface area contributed by atoms with Gasteiger partial charge in [0, 0.05) is 6.54 Å². The molecule has 2 amide bonds. The summed E-state index contributed by atoms with van der Waals surface area (Å²) >= 11 is 0. The van der Waals surface area contributed by atoms with E-state index in [0.717, 1.165) is 12.8 Å². The molecule has 0 unspecified atom stereocenters. The molecule has 0 atom stereocenters. The number of hydrogen-bond acceptors (Lipinski definition) is 3. The lowest BCUT2D eigenvalue weighted by molar-refractivity contribution is -0.144. The predicted molar refractivity (Wildman–Crippen MR) is 71.1 cm³/mol. The number of rotatable bonds is 5. The van der Waals surface area contributed by atoms with Gasteiger partial charge in [-0.05, 0) is 33.6 Å². The number of urea groups is 1. The van der Waals surface area contributed by atoms with Crippen LogP contribution in [-0.2, 0) is 9.53 Å². The van der Waals surface area contributed by atoms with Crippen molar-refractivity contribution in [3.63, 3.8) is 0 Å². The lowest BCUT2D eigenvalue weighted by Crippen LogP contribution is -2.55. The number of carbonyl (C=O) groups is 2. The molecule has 0 aromatic heterocycles. The Kier molecular flexibility index (Phi) is 5.17. The highest BCUT2D eigenvalue weighted by atomic mass is 16.5. The highest BCUT2D eigenvalue weighted by molar-refractivity contribution is 5.86. The fourth-order valence-corrected chi connectivity index (χ4v) is 2.15. The zero-order valence-corrected chi connectivity index (χ0v) is 11.9. The van der Waals surface area contributed by atoms with Crippen LogP contribution in [0.4, 0.5) is 4.79 Å². The first-order valence-electron chi connectivity index (χ1n) is 6.69. The van der Waals surface area contributed by atoms with Crippen LogP contribution in [0.3, 0.4) is 0 Å². The minimum absolute atomic E-state index is 0.244. The molecule has 0 heterocycles. The Hall–Kier alpha value is -1.30. The Labute approximate surface area is 113 Å². The number of hydrogen-bond donors (Lipinski definition) is 3. The number of nitrogens with one attached hydrogen (secondary N) is 2. The van der Waals surface area contributed by atoms with Crippen molar-refractivity contribution < 1.29 is 19.4 Å². The van der Waals surface area contributed by atoms with Crippen molar-refractivity contribution >= 4 is 12.0 Å². The maximum atomic E-state index is 11.7. The van der Waals surface area contributed by atoms with Crippen LogP contribution in [0.5, 0.6) is 0 Å². The first-order chi connectivity index (χ1) is 8.75. The summed E-state index contributed by atoms with van der Waals surface area (Å²) in [4.78, 5) is 22.9. The summed E-state index contributed by atoms with van der Waals surface area (Å²) in [5.74, 6) is -0.953. The topological polar surface area (TPSA) is 87.7 Å². The molecule has 6 heteroatoms. The van der Waals surface area contributed by atoms with Crippen LogP contribution >= 0.6 is 0 Å². The smallest absolute Gasteiger partial charge is 0.329 e. The lowest BCUT2D eigenvalue weighted by Gasteiger charge is -2.25. The zero-order valence-electron chi connectivity index (χ0n) is 11.9. The van der Waals surface area contributed by atoms with E-state index in [1.807, 2.05) is 20.8 Å². The molecule has 0 saturated heterocycles. The number of ether oxygens (including phenoxy) is 1. The molecule has 1 rings (SSSR count). The molecule has 0 aliphatic heterocycles. The lowest BCUT2D eigenvalue weighted by atomic mass is 9.98. The third kappa shape index (κ3) is 5.06. The van der Waals surface area contributed by atoms with Gasteiger partial charge in [0.1, 0.15) is 5.54 Å². The molecule has 3 N–H and O–H groups in total. The molecular formula is C13H24N2O4. The van der Waals surface area contributed by atoms with Gasteiger partial charge in [-0.15, -0.1) is 0 Å². The fraction of sp³-hybridized carbons (Fsp3) is 0.846. The van der Waals surface area contributed by atoms with Crippen LogP contribution in [0, 0.1) is 0 Å². The molecule has 0 radical (unpaired) electrons. The average Bonchev–Trinajstić information content (AvgIpc) is 2.73. The molecule has 6 nitrogen and oxygen atoms in total. The van der Waals surface area contributed by atoms with Crippen LogP contribution in [0.2, 0.25) is 0 Å². The molecule has 110 valence electrons. The molecule has 1 saturated carbocycles. The first kappa shape index (κ1) is 15.8. The maximum Gasteiger partial charge on any atom is 0.329 e. The predicted octanol–water partition coefficient (Wildman–Crippen LogP) is 1.50. The summed E-state index contributed by atoms with van der Waals surface area (Å²) < 4.78 is 5.46. The molecule has 19 heavy (non-hydrogen) atoms. The second-order valence-electron chi connectivity index (χ2n) is 5.94. The molecule has 0 bridgehead atoms. The van der Waals surface area contributed by atoms with Gasteiger partial charge in [-0.3, -0.25) is 0 Å². The highest BCUT2D eigenvalue weighted by Gasteiger charge is 2.42. The van der Waals surface area contributed by atoms with Gasteiger partial charge in [-0.25, -0.2) is 9.59 Å². The number of carboxylic acids is 1. The van der Waals surface area contributed by atoms with Crippen molar-refractivity contribution in [2.24, 2.45) is 0 Å². The van der Waals surface area contributed by atoms with Gasteiger partial charge >= 0.3 is 12.0 Å². The molecule has 1 aliphatic carbocycles. The van der Waals surface area contributed by atoms with Gasteiger partial charge in [0.05, 0.1) is 12.2 Å². The Bertz CT molecular complexity index is 330. The second-order valence-corrected chi connectivity index (χ2v) is 5.94. The minimum Gasteiger partial charge on any atom is -0.480 e. The van der Waals surface area contributed by atoms with Gasteiger partial charge in [0.15, 0.2) is 0 Å². The average molecular weight is 272 g/mol. The van der Waals surface area contributed by atoms with Crippen molar-refractivity contribution in [1.82, 2.24) is 10.6 Å². The van der Waals surface area contributed by atoms with Crippen molar-refractivity contribution in [3.05, 3.63) is 0 Å². The van der Waals surface area contributed by atoms with Crippen LogP contribution in [0.15, 0.2) is 0 Å². The molecule has 1 aliphatic rings. The zero-order chi connectivity index (χ0) is 14.5. The SMILES string of the molecule is CC(C)(C)OCCNC(=O)NC1(C(=O)O)CCCC1. The number of aliphatic carboxylic acids is 1. The van der Waals surface area contributed by atoms with E-state index in [1.165, 1.54) is 0 Å². The summed E-state index contributed by atoms with van der Waals surface area (Å²) in [6, 6.07) is -0.443. The third-order valence-electron chi connectivity index (χ3n) is 3.14. The summed E-state index contributed by atoms with van der Waals surface area (Å²) in [5, 5.41) is 14.4. The third-order valence-corrected chi connectivity index (χ3v) is 3.14.